The third kappa shape index (κ3) is 4.36. The normalized spacial score (nSPS) is 30.6. The zero-order valence-electron chi connectivity index (χ0n) is 15.0. The Kier molecular flexibility index (Phi) is 5.92. The van der Waals surface area contributed by atoms with Gasteiger partial charge in [-0.2, -0.15) is 0 Å². The first-order chi connectivity index (χ1) is 11.5. The average molecular weight is 339 g/mol. The van der Waals surface area contributed by atoms with Gasteiger partial charge in [-0.05, 0) is 73.5 Å². The van der Waals surface area contributed by atoms with Gasteiger partial charge in [0.15, 0.2) is 0 Å². The lowest BCUT2D eigenvalue weighted by atomic mass is 9.68. The van der Waals surface area contributed by atoms with Crippen LogP contribution in [-0.2, 0) is 6.42 Å². The van der Waals surface area contributed by atoms with Crippen molar-refractivity contribution in [3.8, 4) is 0 Å². The highest BCUT2D eigenvalue weighted by Gasteiger charge is 2.28. The van der Waals surface area contributed by atoms with E-state index < -0.39 is 0 Å². The fraction of sp³-hybridized carbons (Fsp3) is 0.545. The molecule has 0 spiro atoms. The Morgan fingerprint density at radius 2 is 1.88 bits per heavy atom. The van der Waals surface area contributed by atoms with Gasteiger partial charge >= 0.3 is 0 Å². The van der Waals surface area contributed by atoms with Crippen molar-refractivity contribution in [2.24, 2.45) is 17.8 Å². The number of halogens is 1. The van der Waals surface area contributed by atoms with Crippen LogP contribution in [0, 0.1) is 24.7 Å². The van der Waals surface area contributed by atoms with Gasteiger partial charge in [0.2, 0.25) is 0 Å². The van der Waals surface area contributed by atoms with Crippen LogP contribution in [0.2, 0.25) is 6.32 Å². The summed E-state index contributed by atoms with van der Waals surface area (Å²) in [6.07, 6.45) is 11.4. The molecule has 0 saturated heterocycles. The van der Waals surface area contributed by atoms with Crippen molar-refractivity contribution in [3.05, 3.63) is 58.7 Å². The molecule has 1 saturated carbocycles. The molecule has 1 aromatic rings. The highest BCUT2D eigenvalue weighted by atomic mass is 35.5. The van der Waals surface area contributed by atoms with Crippen LogP contribution in [-0.4, -0.2) is 13.2 Å². The third-order valence-electron chi connectivity index (χ3n) is 5.69. The van der Waals surface area contributed by atoms with E-state index in [4.69, 9.17) is 19.4 Å². The molecule has 0 heterocycles. The van der Waals surface area contributed by atoms with Crippen LogP contribution in [0.3, 0.4) is 0 Å². The molecule has 1 fully saturated rings. The molecule has 2 heteroatoms. The third-order valence-corrected chi connectivity index (χ3v) is 6.15. The number of alkyl halides is 1. The van der Waals surface area contributed by atoms with Gasteiger partial charge in [0, 0.05) is 0 Å². The van der Waals surface area contributed by atoms with E-state index in [0.29, 0.717) is 11.8 Å². The van der Waals surface area contributed by atoms with E-state index in [1.807, 2.05) is 0 Å². The second-order valence-corrected chi connectivity index (χ2v) is 8.43. The van der Waals surface area contributed by atoms with Crippen molar-refractivity contribution in [1.82, 2.24) is 0 Å². The SMILES string of the molecule is [B]CC1CC(C)CC(C2=CCC(Cl)C(Cc3ccc(C)cc3)=C2)C1. The summed E-state index contributed by atoms with van der Waals surface area (Å²) in [5.41, 5.74) is 5.55. The predicted molar refractivity (Wildman–Crippen MR) is 106 cm³/mol. The van der Waals surface area contributed by atoms with Crippen molar-refractivity contribution >= 4 is 19.4 Å². The van der Waals surface area contributed by atoms with E-state index >= 15 is 0 Å². The number of aryl methyl sites for hydroxylation is 1. The fourth-order valence-electron chi connectivity index (χ4n) is 4.35. The summed E-state index contributed by atoms with van der Waals surface area (Å²) in [6.45, 7) is 4.51. The van der Waals surface area contributed by atoms with Crippen LogP contribution in [0.5, 0.6) is 0 Å². The summed E-state index contributed by atoms with van der Waals surface area (Å²) >= 11 is 6.62. The quantitative estimate of drug-likeness (QED) is 0.463. The molecule has 0 nitrogen and oxygen atoms in total. The van der Waals surface area contributed by atoms with Crippen LogP contribution in [0.4, 0.5) is 0 Å². The minimum atomic E-state index is 0.140. The van der Waals surface area contributed by atoms with E-state index in [1.54, 1.807) is 0 Å². The first-order valence-electron chi connectivity index (χ1n) is 9.35. The van der Waals surface area contributed by atoms with E-state index in [2.05, 4.69) is 50.3 Å². The molecule has 4 unspecified atom stereocenters. The number of allylic oxidation sites excluding steroid dienone is 4. The maximum atomic E-state index is 6.62. The Hall–Kier alpha value is -0.945. The van der Waals surface area contributed by atoms with Crippen molar-refractivity contribution in [3.63, 3.8) is 0 Å². The molecule has 2 aliphatic rings. The van der Waals surface area contributed by atoms with Gasteiger partial charge in [0.1, 0.15) is 0 Å². The van der Waals surface area contributed by atoms with E-state index in [0.717, 1.165) is 25.1 Å². The number of rotatable bonds is 4. The van der Waals surface area contributed by atoms with Crippen molar-refractivity contribution in [1.29, 1.82) is 0 Å². The molecule has 0 bridgehead atoms. The summed E-state index contributed by atoms with van der Waals surface area (Å²) in [4.78, 5) is 0. The molecular weight excluding hydrogens is 311 g/mol. The second kappa shape index (κ2) is 7.96. The van der Waals surface area contributed by atoms with Crippen LogP contribution >= 0.6 is 11.6 Å². The van der Waals surface area contributed by atoms with Gasteiger partial charge in [-0.3, -0.25) is 0 Å². The van der Waals surface area contributed by atoms with Crippen molar-refractivity contribution in [2.45, 2.75) is 57.6 Å². The molecule has 0 amide bonds. The maximum Gasteiger partial charge on any atom is 0.0656 e. The summed E-state index contributed by atoms with van der Waals surface area (Å²) < 4.78 is 0. The highest BCUT2D eigenvalue weighted by molar-refractivity contribution is 6.22. The number of benzene rings is 1. The number of hydrogen-bond acceptors (Lipinski definition) is 0. The molecule has 3 rings (SSSR count). The first-order valence-corrected chi connectivity index (χ1v) is 9.79. The second-order valence-electron chi connectivity index (χ2n) is 7.90. The molecule has 0 aliphatic heterocycles. The lowest BCUT2D eigenvalue weighted by Crippen LogP contribution is -2.23. The van der Waals surface area contributed by atoms with Gasteiger partial charge < -0.3 is 0 Å². The van der Waals surface area contributed by atoms with E-state index in [1.165, 1.54) is 41.5 Å². The smallest absolute Gasteiger partial charge is 0.0656 e. The topological polar surface area (TPSA) is 0 Å². The lowest BCUT2D eigenvalue weighted by molar-refractivity contribution is 0.246. The Balaban J connectivity index is 1.75. The molecule has 126 valence electrons. The van der Waals surface area contributed by atoms with Crippen molar-refractivity contribution in [2.75, 3.05) is 0 Å². The monoisotopic (exact) mass is 338 g/mol. The van der Waals surface area contributed by atoms with Crippen LogP contribution < -0.4 is 0 Å². The standard InChI is InChI=1S/C22H28BCl/c1-15-3-5-17(6-4-15)11-21-13-19(7-8-22(21)24)20-10-16(2)9-18(12-20)14-23/h3-7,13,16,18,20,22H,8-12,14H2,1-2H3. The zero-order valence-corrected chi connectivity index (χ0v) is 15.7. The van der Waals surface area contributed by atoms with Crippen molar-refractivity contribution < 1.29 is 0 Å². The summed E-state index contributed by atoms with van der Waals surface area (Å²) in [7, 11) is 5.96. The van der Waals surface area contributed by atoms with Gasteiger partial charge in [-0.15, -0.1) is 11.6 Å². The Bertz CT molecular complexity index is 613. The van der Waals surface area contributed by atoms with Gasteiger partial charge in [0.05, 0.1) is 13.2 Å². The summed E-state index contributed by atoms with van der Waals surface area (Å²) in [6, 6.07) is 8.83. The molecule has 4 atom stereocenters. The van der Waals surface area contributed by atoms with E-state index in [9.17, 15) is 0 Å². The minimum absolute atomic E-state index is 0.140. The van der Waals surface area contributed by atoms with E-state index in [-0.39, 0.29) is 5.38 Å². The average Bonchev–Trinajstić information content (AvgIpc) is 2.58. The zero-order chi connectivity index (χ0) is 17.1. The minimum Gasteiger partial charge on any atom is -0.118 e. The van der Waals surface area contributed by atoms with Crippen LogP contribution in [0.1, 0.15) is 43.7 Å². The van der Waals surface area contributed by atoms with Crippen LogP contribution in [0.15, 0.2) is 47.6 Å². The van der Waals surface area contributed by atoms with Crippen LogP contribution in [0.25, 0.3) is 0 Å². The fourth-order valence-corrected chi connectivity index (χ4v) is 4.58. The number of hydrogen-bond donors (Lipinski definition) is 0. The molecule has 2 radical (unpaired) electrons. The Morgan fingerprint density at radius 1 is 1.12 bits per heavy atom. The van der Waals surface area contributed by atoms with Gasteiger partial charge in [0.25, 0.3) is 0 Å². The lowest BCUT2D eigenvalue weighted by Gasteiger charge is -2.35. The Labute approximate surface area is 153 Å². The first kappa shape index (κ1) is 17.9. The van der Waals surface area contributed by atoms with Gasteiger partial charge in [-0.25, -0.2) is 0 Å². The molecule has 0 N–H and O–H groups in total. The highest BCUT2D eigenvalue weighted by Crippen LogP contribution is 2.41. The molecule has 2 aliphatic carbocycles. The molecule has 1 aromatic carbocycles. The molecular formula is C22H28BCl. The summed E-state index contributed by atoms with van der Waals surface area (Å²) in [5, 5.41) is 0.140. The molecule has 24 heavy (non-hydrogen) atoms. The predicted octanol–water partition coefficient (Wildman–Crippen LogP) is 6.04. The summed E-state index contributed by atoms with van der Waals surface area (Å²) in [5.74, 6) is 2.13. The van der Waals surface area contributed by atoms with Gasteiger partial charge in [-0.1, -0.05) is 55.2 Å². The maximum absolute atomic E-state index is 6.62. The largest absolute Gasteiger partial charge is 0.118 e. The molecule has 0 aromatic heterocycles. The Morgan fingerprint density at radius 3 is 2.58 bits per heavy atom.